The van der Waals surface area contributed by atoms with Gasteiger partial charge < -0.3 is 5.32 Å². The first kappa shape index (κ1) is 14.7. The topological polar surface area (TPSA) is 15.3 Å². The molecule has 0 heterocycles. The Kier molecular flexibility index (Phi) is 5.59. The van der Waals surface area contributed by atoms with Gasteiger partial charge in [-0.25, -0.2) is 0 Å². The first-order valence-electron chi connectivity index (χ1n) is 5.16. The normalized spacial score (nSPS) is 13.6. The van der Waals surface area contributed by atoms with Crippen LogP contribution in [0.4, 0.5) is 13.2 Å². The zero-order chi connectivity index (χ0) is 12.1. The van der Waals surface area contributed by atoms with Crippen LogP contribution in [0.3, 0.4) is 0 Å². The lowest BCUT2D eigenvalue weighted by Gasteiger charge is -2.26. The molecule has 1 N–H and O–H groups in total. The van der Waals surface area contributed by atoms with Gasteiger partial charge in [0.05, 0.1) is 6.54 Å². The molecule has 0 rings (SSSR count). The first-order valence-corrected chi connectivity index (χ1v) is 5.16. The minimum atomic E-state index is -4.10. The van der Waals surface area contributed by atoms with Crippen molar-refractivity contribution in [3.8, 4) is 0 Å². The average molecular weight is 226 g/mol. The molecule has 5 heteroatoms. The van der Waals surface area contributed by atoms with E-state index in [1.54, 1.807) is 0 Å². The quantitative estimate of drug-likeness (QED) is 0.747. The van der Waals surface area contributed by atoms with Crippen molar-refractivity contribution in [2.75, 3.05) is 26.7 Å². The molecule has 0 atom stereocenters. The molecule has 0 aromatic heterocycles. The highest BCUT2D eigenvalue weighted by Crippen LogP contribution is 2.15. The van der Waals surface area contributed by atoms with Crippen LogP contribution in [0.25, 0.3) is 0 Å². The zero-order valence-electron chi connectivity index (χ0n) is 9.91. The van der Waals surface area contributed by atoms with Crippen molar-refractivity contribution in [2.45, 2.75) is 38.9 Å². The summed E-state index contributed by atoms with van der Waals surface area (Å²) in [4.78, 5) is 1.28. The lowest BCUT2D eigenvalue weighted by molar-refractivity contribution is -0.142. The Labute approximate surface area is 89.8 Å². The van der Waals surface area contributed by atoms with Crippen LogP contribution in [0, 0.1) is 0 Å². The maximum Gasteiger partial charge on any atom is 0.401 e. The number of hydrogen-bond acceptors (Lipinski definition) is 2. The first-order chi connectivity index (χ1) is 6.66. The molecule has 2 nitrogen and oxygen atoms in total. The van der Waals surface area contributed by atoms with Crippen molar-refractivity contribution >= 4 is 0 Å². The highest BCUT2D eigenvalue weighted by atomic mass is 19.4. The van der Waals surface area contributed by atoms with Crippen LogP contribution in [0.2, 0.25) is 0 Å². The predicted octanol–water partition coefficient (Wildman–Crippen LogP) is 2.26. The van der Waals surface area contributed by atoms with Crippen LogP contribution in [0.1, 0.15) is 27.2 Å². The third kappa shape index (κ3) is 8.69. The van der Waals surface area contributed by atoms with Gasteiger partial charge in [0.25, 0.3) is 0 Å². The van der Waals surface area contributed by atoms with Gasteiger partial charge in [-0.2, -0.15) is 13.2 Å². The smallest absolute Gasteiger partial charge is 0.311 e. The Morgan fingerprint density at radius 3 is 2.13 bits per heavy atom. The molecule has 0 bridgehead atoms. The van der Waals surface area contributed by atoms with Crippen LogP contribution >= 0.6 is 0 Å². The molecule has 0 aromatic carbocycles. The molecule has 0 spiro atoms. The van der Waals surface area contributed by atoms with Crippen molar-refractivity contribution in [2.24, 2.45) is 0 Å². The van der Waals surface area contributed by atoms with E-state index in [-0.39, 0.29) is 5.54 Å². The van der Waals surface area contributed by atoms with Crippen molar-refractivity contribution in [1.82, 2.24) is 10.2 Å². The van der Waals surface area contributed by atoms with Gasteiger partial charge in [-0.3, -0.25) is 4.90 Å². The van der Waals surface area contributed by atoms with E-state index in [2.05, 4.69) is 5.32 Å². The van der Waals surface area contributed by atoms with E-state index in [1.165, 1.54) is 11.9 Å². The molecule has 92 valence electrons. The van der Waals surface area contributed by atoms with E-state index in [0.717, 1.165) is 6.42 Å². The molecule has 0 saturated heterocycles. The number of alkyl halides is 3. The Morgan fingerprint density at radius 2 is 1.73 bits per heavy atom. The molecular formula is C10H21F3N2. The van der Waals surface area contributed by atoms with Crippen molar-refractivity contribution in [3.05, 3.63) is 0 Å². The average Bonchev–Trinajstić information content (AvgIpc) is 2.00. The summed E-state index contributed by atoms with van der Waals surface area (Å²) in [6, 6.07) is 0. The van der Waals surface area contributed by atoms with Gasteiger partial charge in [0.1, 0.15) is 0 Å². The molecule has 0 saturated carbocycles. The van der Waals surface area contributed by atoms with E-state index < -0.39 is 12.7 Å². The number of hydrogen-bond donors (Lipinski definition) is 1. The summed E-state index contributed by atoms with van der Waals surface area (Å²) in [5.74, 6) is 0. The molecule has 0 fully saturated rings. The fourth-order valence-corrected chi connectivity index (χ4v) is 1.10. The van der Waals surface area contributed by atoms with Crippen molar-refractivity contribution in [3.63, 3.8) is 0 Å². The predicted molar refractivity (Wildman–Crippen MR) is 55.9 cm³/mol. The number of rotatable bonds is 6. The summed E-state index contributed by atoms with van der Waals surface area (Å²) in [5, 5.41) is 3.22. The summed E-state index contributed by atoms with van der Waals surface area (Å²) in [7, 11) is 1.48. The van der Waals surface area contributed by atoms with E-state index in [0.29, 0.717) is 13.1 Å². The highest BCUT2D eigenvalue weighted by Gasteiger charge is 2.28. The van der Waals surface area contributed by atoms with Gasteiger partial charge in [-0.1, -0.05) is 6.92 Å². The van der Waals surface area contributed by atoms with Gasteiger partial charge in [-0.05, 0) is 27.3 Å². The fraction of sp³-hybridized carbons (Fsp3) is 1.00. The van der Waals surface area contributed by atoms with Crippen LogP contribution in [-0.2, 0) is 0 Å². The van der Waals surface area contributed by atoms with Crippen LogP contribution in [-0.4, -0.2) is 43.3 Å². The Morgan fingerprint density at radius 1 is 1.20 bits per heavy atom. The Hall–Kier alpha value is -0.290. The molecule has 0 aliphatic heterocycles. The summed E-state index contributed by atoms with van der Waals surface area (Å²) >= 11 is 0. The molecule has 0 aliphatic carbocycles. The Balaban J connectivity index is 3.69. The number of nitrogens with one attached hydrogen (secondary N) is 1. The van der Waals surface area contributed by atoms with Crippen molar-refractivity contribution in [1.29, 1.82) is 0 Å². The van der Waals surface area contributed by atoms with Gasteiger partial charge >= 0.3 is 6.18 Å². The van der Waals surface area contributed by atoms with E-state index in [9.17, 15) is 13.2 Å². The molecule has 0 aliphatic rings. The summed E-state index contributed by atoms with van der Waals surface area (Å²) in [5.41, 5.74) is -0.000920. The van der Waals surface area contributed by atoms with Crippen molar-refractivity contribution < 1.29 is 13.2 Å². The third-order valence-electron chi connectivity index (χ3n) is 2.43. The van der Waals surface area contributed by atoms with Gasteiger partial charge in [0.2, 0.25) is 0 Å². The minimum absolute atomic E-state index is 0.000920. The maximum atomic E-state index is 12.0. The third-order valence-corrected chi connectivity index (χ3v) is 2.43. The summed E-state index contributed by atoms with van der Waals surface area (Å²) in [6.07, 6.45) is -3.15. The lowest BCUT2D eigenvalue weighted by Crippen LogP contribution is -2.43. The highest BCUT2D eigenvalue weighted by molar-refractivity contribution is 4.75. The number of nitrogens with zero attached hydrogens (tertiary/aromatic N) is 1. The zero-order valence-corrected chi connectivity index (χ0v) is 9.91. The van der Waals surface area contributed by atoms with Crippen LogP contribution in [0.5, 0.6) is 0 Å². The largest absolute Gasteiger partial charge is 0.401 e. The van der Waals surface area contributed by atoms with Gasteiger partial charge in [0, 0.05) is 18.6 Å². The van der Waals surface area contributed by atoms with E-state index in [4.69, 9.17) is 0 Å². The monoisotopic (exact) mass is 226 g/mol. The van der Waals surface area contributed by atoms with Gasteiger partial charge in [0.15, 0.2) is 0 Å². The second kappa shape index (κ2) is 5.70. The van der Waals surface area contributed by atoms with E-state index in [1.807, 2.05) is 20.8 Å². The second-order valence-electron chi connectivity index (χ2n) is 4.52. The molecule has 15 heavy (non-hydrogen) atoms. The second-order valence-corrected chi connectivity index (χ2v) is 4.52. The molecule has 0 aromatic rings. The summed E-state index contributed by atoms with van der Waals surface area (Å²) in [6.45, 7) is 6.26. The number of likely N-dealkylation sites (N-methyl/N-ethyl adjacent to an activating group) is 1. The Bertz CT molecular complexity index is 178. The molecule has 0 amide bonds. The SMILES string of the molecule is CCC(C)(C)NCCN(C)CC(F)(F)F. The van der Waals surface area contributed by atoms with Crippen LogP contribution in [0.15, 0.2) is 0 Å². The molecule has 0 radical (unpaired) electrons. The number of halogens is 3. The minimum Gasteiger partial charge on any atom is -0.311 e. The summed E-state index contributed by atoms with van der Waals surface area (Å²) < 4.78 is 35.9. The van der Waals surface area contributed by atoms with E-state index >= 15 is 0 Å². The maximum absolute atomic E-state index is 12.0. The standard InChI is InChI=1S/C10H21F3N2/c1-5-9(2,3)14-6-7-15(4)8-10(11,12)13/h14H,5-8H2,1-4H3. The lowest BCUT2D eigenvalue weighted by atomic mass is 10.0. The van der Waals surface area contributed by atoms with Crippen LogP contribution < -0.4 is 5.32 Å². The van der Waals surface area contributed by atoms with Gasteiger partial charge in [-0.15, -0.1) is 0 Å². The fourth-order valence-electron chi connectivity index (χ4n) is 1.10. The molecular weight excluding hydrogens is 205 g/mol. The molecule has 0 unspecified atom stereocenters.